The predicted molar refractivity (Wildman–Crippen MR) is 260 cm³/mol. The number of hydrogen-bond acceptors (Lipinski definition) is 6. The first kappa shape index (κ1) is 59.8. The van der Waals surface area contributed by atoms with Crippen LogP contribution in [0.3, 0.4) is 0 Å². The molecular weight excluding hydrogens is 918 g/mol. The van der Waals surface area contributed by atoms with Crippen LogP contribution in [0.15, 0.2) is 92.4 Å². The minimum Gasteiger partial charge on any atom is -0.872 e. The van der Waals surface area contributed by atoms with E-state index in [0.29, 0.717) is 19.6 Å². The first-order valence-corrected chi connectivity index (χ1v) is 24.0. The Balaban J connectivity index is 0.000000621. The Morgan fingerprint density at radius 2 is 0.453 bits per heavy atom. The van der Waals surface area contributed by atoms with Crippen LogP contribution in [-0.2, 0) is 54.6 Å². The summed E-state index contributed by atoms with van der Waals surface area (Å²) in [4.78, 5) is 2.51. The Morgan fingerprint density at radius 3 is 0.594 bits per heavy atom. The summed E-state index contributed by atoms with van der Waals surface area (Å²) in [6.45, 7) is 44.6. The Kier molecular flexibility index (Phi) is 20.4. The second-order valence-electron chi connectivity index (χ2n) is 25.3. The second-order valence-corrected chi connectivity index (χ2v) is 27.5. The fourth-order valence-electron chi connectivity index (χ4n) is 9.98. The van der Waals surface area contributed by atoms with Gasteiger partial charge in [0.05, 0.1) is 0 Å². The Labute approximate surface area is 419 Å². The molecule has 0 saturated carbocycles. The van der Waals surface area contributed by atoms with Gasteiger partial charge < -0.3 is 20.4 Å². The maximum absolute atomic E-state index is 12.6. The van der Waals surface area contributed by atoms with Crippen LogP contribution in [0.5, 0.6) is 23.0 Å². The molecule has 4 rings (SSSR count). The van der Waals surface area contributed by atoms with Crippen molar-refractivity contribution in [3.63, 3.8) is 0 Å². The van der Waals surface area contributed by atoms with Gasteiger partial charge in [0.25, 0.3) is 0 Å². The molecule has 0 fully saturated rings. The van der Waals surface area contributed by atoms with Crippen LogP contribution in [0.25, 0.3) is 0 Å². The van der Waals surface area contributed by atoms with Crippen molar-refractivity contribution >= 4 is 23.5 Å². The molecule has 0 aliphatic rings. The van der Waals surface area contributed by atoms with Gasteiger partial charge in [-0.05, 0) is 116 Å². The third kappa shape index (κ3) is 18.5. The maximum Gasteiger partial charge on any atom is 2.00 e. The van der Waals surface area contributed by atoms with Crippen molar-refractivity contribution in [3.05, 3.63) is 95.1 Å². The zero-order chi connectivity index (χ0) is 47.7. The molecular formula is C56H80Ni2O4S2. The van der Waals surface area contributed by atoms with E-state index in [-0.39, 0.29) is 99.3 Å². The summed E-state index contributed by atoms with van der Waals surface area (Å²) in [6.07, 6.45) is 4.02. The topological polar surface area (TPSA) is 92.2 Å². The fourth-order valence-corrected chi connectivity index (χ4v) is 11.9. The van der Waals surface area contributed by atoms with E-state index in [1.165, 1.54) is 23.5 Å². The molecule has 0 radical (unpaired) electrons. The summed E-state index contributed by atoms with van der Waals surface area (Å²) < 4.78 is 0. The van der Waals surface area contributed by atoms with Crippen molar-refractivity contribution in [1.82, 2.24) is 0 Å². The fraction of sp³-hybridized carbons (Fsp3) is 0.571. The summed E-state index contributed by atoms with van der Waals surface area (Å²) in [6, 6.07) is 22.4. The number of benzene rings is 4. The van der Waals surface area contributed by atoms with Gasteiger partial charge in [-0.3, -0.25) is 0 Å². The van der Waals surface area contributed by atoms with E-state index in [2.05, 4.69) is 138 Å². The first-order valence-electron chi connectivity index (χ1n) is 22.4. The van der Waals surface area contributed by atoms with Crippen LogP contribution in [0.4, 0.5) is 0 Å². The van der Waals surface area contributed by atoms with Gasteiger partial charge in [-0.25, -0.2) is 0 Å². The van der Waals surface area contributed by atoms with Crippen LogP contribution in [0.1, 0.15) is 186 Å². The molecule has 4 aromatic carbocycles. The molecule has 0 aliphatic heterocycles. The van der Waals surface area contributed by atoms with Crippen molar-refractivity contribution in [2.45, 2.75) is 205 Å². The van der Waals surface area contributed by atoms with E-state index in [0.717, 1.165) is 47.9 Å². The molecule has 0 aromatic heterocycles. The molecule has 64 heavy (non-hydrogen) atoms. The Hall–Kier alpha value is -2.23. The number of rotatable bonds is 12. The van der Waals surface area contributed by atoms with Crippen molar-refractivity contribution in [3.8, 4) is 23.0 Å². The van der Waals surface area contributed by atoms with Crippen molar-refractivity contribution in [2.75, 3.05) is 0 Å². The Bertz CT molecular complexity index is 1840. The summed E-state index contributed by atoms with van der Waals surface area (Å²) >= 11 is 2.62. The van der Waals surface area contributed by atoms with Gasteiger partial charge in [-0.1, -0.05) is 234 Å². The minimum atomic E-state index is -0.0574. The van der Waals surface area contributed by atoms with E-state index in [4.69, 9.17) is 0 Å². The molecule has 4 aromatic rings. The molecule has 0 atom stereocenters. The SMILES string of the molecule is CC(C)(C)CC(C)(C)c1ccc([O-])c(Sc2cc(C(C)(C)CC(C)(C)C)ccc2[O-])c1.CC(C)(C)CC(C)(C)c1ccc([O-])c(Sc2cc(C(C)(C)CC(C)(C)C)ccc2[O-])c1.[Ni+2].[Ni+2]. The van der Waals surface area contributed by atoms with Crippen molar-refractivity contribution in [2.24, 2.45) is 21.7 Å². The van der Waals surface area contributed by atoms with Crippen molar-refractivity contribution < 1.29 is 53.4 Å². The molecule has 0 aliphatic carbocycles. The molecule has 0 N–H and O–H groups in total. The molecule has 0 amide bonds. The molecule has 0 heterocycles. The van der Waals surface area contributed by atoms with E-state index < -0.39 is 0 Å². The molecule has 0 bridgehead atoms. The van der Waals surface area contributed by atoms with Crippen LogP contribution in [0.2, 0.25) is 0 Å². The molecule has 0 unspecified atom stereocenters. The van der Waals surface area contributed by atoms with Gasteiger partial charge in [0.1, 0.15) is 0 Å². The summed E-state index contributed by atoms with van der Waals surface area (Å²) in [5.41, 5.74) is 5.06. The first-order chi connectivity index (χ1) is 27.8. The van der Waals surface area contributed by atoms with Crippen LogP contribution < -0.4 is 20.4 Å². The van der Waals surface area contributed by atoms with E-state index >= 15 is 0 Å². The van der Waals surface area contributed by atoms with Gasteiger partial charge in [0.15, 0.2) is 0 Å². The molecule has 0 spiro atoms. The maximum atomic E-state index is 12.6. The molecule has 8 heteroatoms. The molecule has 360 valence electrons. The molecule has 4 nitrogen and oxygen atoms in total. The van der Waals surface area contributed by atoms with Crippen LogP contribution in [-0.4, -0.2) is 0 Å². The average molecular weight is 999 g/mol. The van der Waals surface area contributed by atoms with E-state index in [1.54, 1.807) is 24.3 Å². The summed E-state index contributed by atoms with van der Waals surface area (Å²) in [5.74, 6) is -0.115. The zero-order valence-electron chi connectivity index (χ0n) is 42.8. The summed E-state index contributed by atoms with van der Waals surface area (Å²) in [7, 11) is 0. The van der Waals surface area contributed by atoms with Crippen LogP contribution in [0, 0.1) is 21.7 Å². The average Bonchev–Trinajstić information content (AvgIpc) is 3.04. The third-order valence-corrected chi connectivity index (χ3v) is 13.4. The predicted octanol–water partition coefficient (Wildman–Crippen LogP) is 14.8. The largest absolute Gasteiger partial charge is 2.00 e. The normalized spacial score (nSPS) is 13.1. The zero-order valence-corrected chi connectivity index (χ0v) is 46.4. The van der Waals surface area contributed by atoms with Crippen LogP contribution >= 0.6 is 23.5 Å². The number of hydrogen-bond donors (Lipinski definition) is 0. The molecule has 0 saturated heterocycles. The van der Waals surface area contributed by atoms with Gasteiger partial charge >= 0.3 is 33.0 Å². The quantitative estimate of drug-likeness (QED) is 0.131. The Morgan fingerprint density at radius 1 is 0.297 bits per heavy atom. The third-order valence-electron chi connectivity index (χ3n) is 11.2. The minimum absolute atomic E-state index is 0. The van der Waals surface area contributed by atoms with Gasteiger partial charge in [-0.2, -0.15) is 0 Å². The van der Waals surface area contributed by atoms with Gasteiger partial charge in [0.2, 0.25) is 0 Å². The van der Waals surface area contributed by atoms with E-state index in [9.17, 15) is 20.4 Å². The van der Waals surface area contributed by atoms with Gasteiger partial charge in [-0.15, -0.1) is 0 Å². The monoisotopic (exact) mass is 996 g/mol. The second kappa shape index (κ2) is 21.8. The standard InChI is InChI=1S/2C28H42O2S.2Ni/c2*1-25(2,3)17-27(7,8)19-11-13-21(29)23(15-19)31-24-16-20(12-14-22(24)30)28(9,10)18-26(4,5)6;;/h2*11-16,29-30H,17-18H2,1-10H3;;/q;;2*+2/p-4. The smallest absolute Gasteiger partial charge is 0.872 e. The van der Waals surface area contributed by atoms with Crippen molar-refractivity contribution in [1.29, 1.82) is 0 Å². The van der Waals surface area contributed by atoms with Gasteiger partial charge in [0, 0.05) is 19.6 Å². The summed E-state index contributed by atoms with van der Waals surface area (Å²) in [5, 5.41) is 50.6. The van der Waals surface area contributed by atoms with E-state index in [1.807, 2.05) is 48.5 Å².